The van der Waals surface area contributed by atoms with E-state index < -0.39 is 5.41 Å². The predicted molar refractivity (Wildman–Crippen MR) is 146 cm³/mol. The van der Waals surface area contributed by atoms with Crippen molar-refractivity contribution >= 4 is 29.8 Å². The molecule has 1 amide bonds. The highest BCUT2D eigenvalue weighted by molar-refractivity contribution is 6.30. The fourth-order valence-corrected chi connectivity index (χ4v) is 5.02. The maximum absolute atomic E-state index is 13.8. The summed E-state index contributed by atoms with van der Waals surface area (Å²) in [5.74, 6) is 0.176. The molecule has 0 bridgehead atoms. The minimum absolute atomic E-state index is 0.106. The number of carbonyl (C=O) groups excluding carboxylic acids is 2. The Labute approximate surface area is 227 Å². The third kappa shape index (κ3) is 5.33. The number of quaternary nitrogens is 1. The van der Waals surface area contributed by atoms with Crippen LogP contribution in [0.2, 0.25) is 5.02 Å². The standard InChI is InChI=1S/C30H29ClN4O3/c1-20-18-35(38-19-36)14-6-9-27(28(35)33-20)30(3,4)29(37)34-21(2)26(16-22-10-12-25(31)13-11-22)24-8-5-7-23(15-24)17-32/h5-15,18-19,21,26H,16H2,1-4H3/p+1/t21-,26+,35?/m0/s1. The number of carbonyl (C=O) groups is 2. The zero-order chi connectivity index (χ0) is 27.5. The maximum Gasteiger partial charge on any atom is 0.357 e. The number of fused-ring (bicyclic) bond motifs is 1. The molecule has 4 rings (SSSR count). The van der Waals surface area contributed by atoms with E-state index in [4.69, 9.17) is 16.4 Å². The Bertz CT molecular complexity index is 1420. The number of allylic oxidation sites excluding steroid dienone is 3. The highest BCUT2D eigenvalue weighted by Crippen LogP contribution is 2.39. The Morgan fingerprint density at radius 1 is 1.26 bits per heavy atom. The van der Waals surface area contributed by atoms with Crippen LogP contribution < -0.4 is 5.32 Å². The Kier molecular flexibility index (Phi) is 7.68. The van der Waals surface area contributed by atoms with E-state index in [1.54, 1.807) is 24.5 Å². The molecule has 3 atom stereocenters. The van der Waals surface area contributed by atoms with Gasteiger partial charge in [0.2, 0.25) is 5.91 Å². The van der Waals surface area contributed by atoms with Gasteiger partial charge in [0.05, 0.1) is 22.6 Å². The molecule has 194 valence electrons. The Morgan fingerprint density at radius 2 is 2.00 bits per heavy atom. The van der Waals surface area contributed by atoms with Gasteiger partial charge in [-0.3, -0.25) is 9.63 Å². The second kappa shape index (κ2) is 10.8. The van der Waals surface area contributed by atoms with Gasteiger partial charge in [-0.05, 0) is 86.3 Å². The largest absolute Gasteiger partial charge is 0.357 e. The van der Waals surface area contributed by atoms with Gasteiger partial charge in [-0.25, -0.2) is 4.79 Å². The van der Waals surface area contributed by atoms with Gasteiger partial charge >= 0.3 is 6.47 Å². The van der Waals surface area contributed by atoms with Crippen LogP contribution in [-0.4, -0.2) is 28.9 Å². The molecule has 2 aromatic rings. The predicted octanol–water partition coefficient (Wildman–Crippen LogP) is 5.70. The number of amidine groups is 1. The first-order valence-corrected chi connectivity index (χ1v) is 12.7. The van der Waals surface area contributed by atoms with Gasteiger partial charge in [-0.1, -0.05) is 35.9 Å². The lowest BCUT2D eigenvalue weighted by Crippen LogP contribution is -2.51. The lowest BCUT2D eigenvalue weighted by atomic mass is 9.79. The number of benzene rings is 2. The SMILES string of the molecule is CC1=C[N+]2(OC=O)C=CC=C(C(C)(C)C(=O)N[C@@H](C)[C@@H](Cc3ccc(Cl)cc3)c3cccc(C#N)c3)C2=N1. The number of halogens is 1. The molecule has 7 nitrogen and oxygen atoms in total. The summed E-state index contributed by atoms with van der Waals surface area (Å²) in [4.78, 5) is 35.1. The lowest BCUT2D eigenvalue weighted by molar-refractivity contribution is -0.928. The van der Waals surface area contributed by atoms with Gasteiger partial charge in [0.1, 0.15) is 5.70 Å². The van der Waals surface area contributed by atoms with E-state index in [1.807, 2.05) is 76.2 Å². The van der Waals surface area contributed by atoms with E-state index in [0.29, 0.717) is 40.6 Å². The molecule has 0 aromatic heterocycles. The number of nitrogens with zero attached hydrogens (tertiary/aromatic N) is 3. The van der Waals surface area contributed by atoms with Crippen LogP contribution in [-0.2, 0) is 20.8 Å². The third-order valence-electron chi connectivity index (χ3n) is 7.04. The monoisotopic (exact) mass is 529 g/mol. The molecule has 0 fully saturated rings. The molecule has 2 heterocycles. The second-order valence-electron chi connectivity index (χ2n) is 10.1. The van der Waals surface area contributed by atoms with Crippen molar-refractivity contribution in [3.05, 3.63) is 106 Å². The molecule has 1 N–H and O–H groups in total. The first kappa shape index (κ1) is 27.1. The van der Waals surface area contributed by atoms with Crippen LogP contribution >= 0.6 is 11.6 Å². The smallest absolute Gasteiger partial charge is 0.352 e. The fourth-order valence-electron chi connectivity index (χ4n) is 4.90. The first-order chi connectivity index (χ1) is 18.1. The summed E-state index contributed by atoms with van der Waals surface area (Å²) in [5, 5.41) is 13.3. The van der Waals surface area contributed by atoms with Gasteiger partial charge in [0.25, 0.3) is 5.84 Å². The maximum atomic E-state index is 13.8. The van der Waals surface area contributed by atoms with Crippen LogP contribution in [0.4, 0.5) is 0 Å². The van der Waals surface area contributed by atoms with Crippen LogP contribution in [0.3, 0.4) is 0 Å². The Hall–Kier alpha value is -3.99. The number of hydrogen-bond acceptors (Lipinski definition) is 5. The minimum atomic E-state index is -0.995. The molecule has 8 heteroatoms. The number of nitriles is 1. The summed E-state index contributed by atoms with van der Waals surface area (Å²) in [7, 11) is 0. The summed E-state index contributed by atoms with van der Waals surface area (Å²) in [6.07, 6.45) is 7.66. The van der Waals surface area contributed by atoms with E-state index in [1.165, 1.54) is 0 Å². The molecular formula is C30H30ClN4O3+. The van der Waals surface area contributed by atoms with Gasteiger partial charge in [0.15, 0.2) is 12.4 Å². The molecular weight excluding hydrogens is 500 g/mol. The van der Waals surface area contributed by atoms with Gasteiger partial charge in [0, 0.05) is 17.0 Å². The van der Waals surface area contributed by atoms with Gasteiger partial charge < -0.3 is 5.32 Å². The zero-order valence-corrected chi connectivity index (χ0v) is 22.6. The molecule has 2 aliphatic heterocycles. The quantitative estimate of drug-likeness (QED) is 0.333. The second-order valence-corrected chi connectivity index (χ2v) is 10.5. The van der Waals surface area contributed by atoms with Crippen LogP contribution in [0.5, 0.6) is 0 Å². The van der Waals surface area contributed by atoms with Crippen molar-refractivity contribution in [2.75, 3.05) is 0 Å². The van der Waals surface area contributed by atoms with E-state index in [0.717, 1.165) is 11.1 Å². The summed E-state index contributed by atoms with van der Waals surface area (Å²) in [6, 6.07) is 17.0. The first-order valence-electron chi connectivity index (χ1n) is 12.3. The molecule has 0 aliphatic carbocycles. The van der Waals surface area contributed by atoms with Crippen LogP contribution in [0.15, 0.2) is 89.3 Å². The van der Waals surface area contributed by atoms with Crippen LogP contribution in [0.25, 0.3) is 0 Å². The molecule has 2 aliphatic rings. The van der Waals surface area contributed by atoms with Gasteiger partial charge in [-0.2, -0.15) is 10.3 Å². The molecule has 0 spiro atoms. The number of nitrogens with one attached hydrogen (secondary N) is 1. The average molecular weight is 530 g/mol. The molecule has 2 aromatic carbocycles. The number of hydrogen-bond donors (Lipinski definition) is 1. The van der Waals surface area contributed by atoms with Crippen molar-refractivity contribution < 1.29 is 19.1 Å². The molecule has 0 radical (unpaired) electrons. The third-order valence-corrected chi connectivity index (χ3v) is 7.29. The highest BCUT2D eigenvalue weighted by atomic mass is 35.5. The topological polar surface area (TPSA) is 91.5 Å². The normalized spacial score (nSPS) is 19.7. The molecule has 38 heavy (non-hydrogen) atoms. The van der Waals surface area contributed by atoms with Crippen molar-refractivity contribution in [2.45, 2.75) is 46.1 Å². The van der Waals surface area contributed by atoms with Crippen LogP contribution in [0.1, 0.15) is 50.3 Å². The Morgan fingerprint density at radius 3 is 2.68 bits per heavy atom. The van der Waals surface area contributed by atoms with Crippen molar-refractivity contribution in [3.63, 3.8) is 0 Å². The van der Waals surface area contributed by atoms with E-state index in [2.05, 4.69) is 16.4 Å². The number of amides is 1. The molecule has 0 saturated carbocycles. The van der Waals surface area contributed by atoms with Crippen molar-refractivity contribution in [1.29, 1.82) is 5.26 Å². The van der Waals surface area contributed by atoms with Gasteiger partial charge in [-0.15, -0.1) is 0 Å². The zero-order valence-electron chi connectivity index (χ0n) is 21.8. The fraction of sp³-hybridized carbons (Fsp3) is 0.267. The van der Waals surface area contributed by atoms with Crippen molar-refractivity contribution in [2.24, 2.45) is 10.4 Å². The summed E-state index contributed by atoms with van der Waals surface area (Å²) >= 11 is 6.09. The van der Waals surface area contributed by atoms with Crippen LogP contribution in [0, 0.1) is 16.7 Å². The highest BCUT2D eigenvalue weighted by Gasteiger charge is 2.50. The summed E-state index contributed by atoms with van der Waals surface area (Å²) in [6.45, 7) is 7.82. The molecule has 0 saturated heterocycles. The summed E-state index contributed by atoms with van der Waals surface area (Å²) < 4.78 is -0.312. The van der Waals surface area contributed by atoms with Crippen molar-refractivity contribution in [1.82, 2.24) is 5.32 Å². The average Bonchev–Trinajstić information content (AvgIpc) is 3.23. The molecule has 1 unspecified atom stereocenters. The number of aliphatic imine (C=N–C) groups is 1. The summed E-state index contributed by atoms with van der Waals surface area (Å²) in [5.41, 5.74) is 2.93. The lowest BCUT2D eigenvalue weighted by Gasteiger charge is -2.34. The van der Waals surface area contributed by atoms with Crippen molar-refractivity contribution in [3.8, 4) is 6.07 Å². The van der Waals surface area contributed by atoms with E-state index in [-0.39, 0.29) is 22.5 Å². The van der Waals surface area contributed by atoms with E-state index in [9.17, 15) is 14.9 Å². The minimum Gasteiger partial charge on any atom is -0.352 e. The van der Waals surface area contributed by atoms with E-state index >= 15 is 0 Å². The Balaban J connectivity index is 1.62. The number of hydroxylamine groups is 3. The number of rotatable bonds is 9.